The van der Waals surface area contributed by atoms with Gasteiger partial charge in [0.15, 0.2) is 0 Å². The summed E-state index contributed by atoms with van der Waals surface area (Å²) in [7, 11) is 3.02. The van der Waals surface area contributed by atoms with Crippen LogP contribution in [-0.4, -0.2) is 24.3 Å². The molecule has 1 heterocycles. The van der Waals surface area contributed by atoms with E-state index < -0.39 is 11.4 Å². The number of H-pyrrole nitrogens is 1. The summed E-state index contributed by atoms with van der Waals surface area (Å²) in [5.74, 6) is 0.0633. The summed E-state index contributed by atoms with van der Waals surface area (Å²) in [5.41, 5.74) is 0.929. The molecule has 6 nitrogen and oxygen atoms in total. The van der Waals surface area contributed by atoms with Crippen LogP contribution in [0.2, 0.25) is 5.02 Å². The van der Waals surface area contributed by atoms with Gasteiger partial charge in [0.1, 0.15) is 40.1 Å². The predicted molar refractivity (Wildman–Crippen MR) is 152 cm³/mol. The maximum absolute atomic E-state index is 14.2. The van der Waals surface area contributed by atoms with Crippen molar-refractivity contribution in [2.24, 2.45) is 0 Å². The van der Waals surface area contributed by atoms with Gasteiger partial charge >= 0.3 is 0 Å². The van der Waals surface area contributed by atoms with Gasteiger partial charge < -0.3 is 24.3 Å². The van der Waals surface area contributed by atoms with Crippen LogP contribution in [0.25, 0.3) is 16.9 Å². The van der Waals surface area contributed by atoms with Gasteiger partial charge in [-0.25, -0.2) is 4.39 Å². The van der Waals surface area contributed by atoms with Crippen molar-refractivity contribution >= 4 is 17.4 Å². The molecular weight excluding hydrogens is 509 g/mol. The zero-order chi connectivity index (χ0) is 28.4. The monoisotopic (exact) mass is 543 g/mol. The number of nitrogens with one attached hydrogen (secondary N) is 1. The van der Waals surface area contributed by atoms with Gasteiger partial charge in [-0.3, -0.25) is 4.79 Å². The molecule has 0 spiro atoms. The van der Waals surface area contributed by atoms with Gasteiger partial charge in [0, 0.05) is 17.1 Å². The molecule has 1 aromatic heterocycles. The highest BCUT2D eigenvalue weighted by Gasteiger charge is 2.26. The van der Waals surface area contributed by atoms with Crippen LogP contribution in [0.1, 0.15) is 50.4 Å². The zero-order valence-corrected chi connectivity index (χ0v) is 23.3. The second-order valence-corrected chi connectivity index (χ2v) is 8.59. The van der Waals surface area contributed by atoms with Gasteiger partial charge in [-0.2, -0.15) is 0 Å². The van der Waals surface area contributed by atoms with Crippen molar-refractivity contribution < 1.29 is 23.7 Å². The number of aromatic nitrogens is 1. The fraction of sp³-hybridized carbons (Fsp3) is 0.300. The number of hydrogen-bond acceptors (Lipinski definition) is 5. The van der Waals surface area contributed by atoms with Crippen molar-refractivity contribution in [1.82, 2.24) is 4.98 Å². The van der Waals surface area contributed by atoms with Gasteiger partial charge in [-0.15, -0.1) is 0 Å². The topological polar surface area (TPSA) is 80.8 Å². The van der Waals surface area contributed by atoms with E-state index in [0.29, 0.717) is 40.3 Å². The number of allylic oxidation sites excluding steroid dienone is 1. The van der Waals surface area contributed by atoms with E-state index in [1.54, 1.807) is 24.3 Å². The van der Waals surface area contributed by atoms with Crippen molar-refractivity contribution in [2.45, 2.75) is 46.5 Å². The number of ether oxygens (including phenoxy) is 3. The molecule has 0 unspecified atom stereocenters. The lowest BCUT2D eigenvalue weighted by Crippen LogP contribution is -2.17. The standard InChI is InChI=1S/C28H29ClFNO5.C2H6/c1-6-7-9-21-25(26-22(34-4)10-8-11-23(26)35-5)27(32)24(28(33)31-21)17(3)36-16(2)14-18-12-13-19(29)15-20(18)30;1-2/h8,10-13,15H,2-3,6-7,9,14H2,1,4-5H3,(H2,31,32,33);1-2H3. The molecule has 3 rings (SSSR count). The van der Waals surface area contributed by atoms with Gasteiger partial charge in [0.25, 0.3) is 5.56 Å². The van der Waals surface area contributed by atoms with Crippen LogP contribution in [-0.2, 0) is 17.6 Å². The summed E-state index contributed by atoms with van der Waals surface area (Å²) < 4.78 is 31.0. The minimum absolute atomic E-state index is 0.0163. The largest absolute Gasteiger partial charge is 0.506 e. The maximum atomic E-state index is 14.2. The number of halogens is 2. The summed E-state index contributed by atoms with van der Waals surface area (Å²) in [5, 5.41) is 11.7. The summed E-state index contributed by atoms with van der Waals surface area (Å²) in [6.45, 7) is 13.7. The van der Waals surface area contributed by atoms with E-state index in [-0.39, 0.29) is 34.3 Å². The van der Waals surface area contributed by atoms with Gasteiger partial charge in [0.2, 0.25) is 0 Å². The molecule has 0 atom stereocenters. The minimum atomic E-state index is -0.577. The van der Waals surface area contributed by atoms with E-state index in [9.17, 15) is 14.3 Å². The van der Waals surface area contributed by atoms with E-state index in [1.807, 2.05) is 20.8 Å². The summed E-state index contributed by atoms with van der Waals surface area (Å²) in [4.78, 5) is 15.9. The van der Waals surface area contributed by atoms with Crippen molar-refractivity contribution in [2.75, 3.05) is 14.2 Å². The number of aromatic amines is 1. The lowest BCUT2D eigenvalue weighted by molar-refractivity contribution is 0.368. The van der Waals surface area contributed by atoms with Crippen LogP contribution in [0, 0.1) is 5.82 Å². The first-order valence-electron chi connectivity index (χ1n) is 12.4. The first-order chi connectivity index (χ1) is 18.2. The van der Waals surface area contributed by atoms with E-state index in [2.05, 4.69) is 18.1 Å². The Bertz CT molecular complexity index is 1330. The van der Waals surface area contributed by atoms with Crippen molar-refractivity contribution in [3.05, 3.63) is 93.3 Å². The van der Waals surface area contributed by atoms with Gasteiger partial charge in [-0.1, -0.05) is 64.1 Å². The number of aryl methyl sites for hydroxylation is 1. The molecule has 0 fully saturated rings. The molecule has 0 aliphatic rings. The van der Waals surface area contributed by atoms with E-state index >= 15 is 0 Å². The van der Waals surface area contributed by atoms with Crippen LogP contribution in [0.3, 0.4) is 0 Å². The molecule has 0 aliphatic heterocycles. The number of pyridine rings is 1. The average molecular weight is 544 g/mol. The van der Waals surface area contributed by atoms with Gasteiger partial charge in [-0.05, 0) is 42.7 Å². The molecule has 0 aliphatic carbocycles. The molecule has 0 radical (unpaired) electrons. The Morgan fingerprint density at radius 2 is 1.71 bits per heavy atom. The highest BCUT2D eigenvalue weighted by atomic mass is 35.5. The minimum Gasteiger partial charge on any atom is -0.506 e. The predicted octanol–water partition coefficient (Wildman–Crippen LogP) is 7.67. The number of benzene rings is 2. The molecule has 0 saturated carbocycles. The Morgan fingerprint density at radius 1 is 1.08 bits per heavy atom. The molecule has 2 aromatic carbocycles. The molecule has 3 aromatic rings. The lowest BCUT2D eigenvalue weighted by Gasteiger charge is -2.20. The Morgan fingerprint density at radius 3 is 2.26 bits per heavy atom. The normalized spacial score (nSPS) is 10.3. The third-order valence-corrected chi connectivity index (χ3v) is 5.91. The fourth-order valence-corrected chi connectivity index (χ4v) is 4.10. The summed E-state index contributed by atoms with van der Waals surface area (Å²) in [6.07, 6.45) is 2.18. The van der Waals surface area contributed by atoms with Crippen molar-refractivity contribution in [1.29, 1.82) is 0 Å². The molecule has 8 heteroatoms. The van der Waals surface area contributed by atoms with Crippen LogP contribution in [0.15, 0.2) is 60.1 Å². The van der Waals surface area contributed by atoms with Gasteiger partial charge in [0.05, 0.1) is 25.3 Å². The number of methoxy groups -OCH3 is 2. The van der Waals surface area contributed by atoms with Crippen LogP contribution < -0.4 is 15.0 Å². The number of rotatable bonds is 11. The number of aromatic hydroxyl groups is 1. The first-order valence-corrected chi connectivity index (χ1v) is 12.8. The first kappa shape index (κ1) is 30.5. The lowest BCUT2D eigenvalue weighted by atomic mass is 9.95. The maximum Gasteiger partial charge on any atom is 0.263 e. The van der Waals surface area contributed by atoms with E-state index in [1.165, 1.54) is 26.4 Å². The van der Waals surface area contributed by atoms with E-state index in [4.69, 9.17) is 25.8 Å². The third kappa shape index (κ3) is 6.98. The summed E-state index contributed by atoms with van der Waals surface area (Å²) in [6, 6.07) is 9.50. The Balaban J connectivity index is 0.00000247. The molecular formula is C30H35ClFNO5. The second-order valence-electron chi connectivity index (χ2n) is 8.15. The van der Waals surface area contributed by atoms with Crippen molar-refractivity contribution in [3.8, 4) is 28.4 Å². The van der Waals surface area contributed by atoms with Crippen molar-refractivity contribution in [3.63, 3.8) is 0 Å². The Labute approximate surface area is 228 Å². The molecule has 0 amide bonds. The smallest absolute Gasteiger partial charge is 0.263 e. The molecule has 2 N–H and O–H groups in total. The number of hydrogen-bond donors (Lipinski definition) is 2. The highest BCUT2D eigenvalue weighted by Crippen LogP contribution is 2.45. The number of unbranched alkanes of at least 4 members (excludes halogenated alkanes) is 1. The van der Waals surface area contributed by atoms with Crippen LogP contribution in [0.4, 0.5) is 4.39 Å². The third-order valence-electron chi connectivity index (χ3n) is 5.67. The Kier molecular flexibility index (Phi) is 11.5. The van der Waals surface area contributed by atoms with Crippen LogP contribution >= 0.6 is 11.6 Å². The fourth-order valence-electron chi connectivity index (χ4n) is 3.94. The highest BCUT2D eigenvalue weighted by molar-refractivity contribution is 6.30. The molecule has 38 heavy (non-hydrogen) atoms. The Hall–Kier alpha value is -3.71. The SMILES string of the molecule is C=C(Cc1ccc(Cl)cc1F)OC(=C)c1c(O)c(-c2c(OC)cccc2OC)c(CCCC)[nH]c1=O.CC. The molecule has 0 saturated heterocycles. The van der Waals surface area contributed by atoms with Crippen LogP contribution in [0.5, 0.6) is 17.2 Å². The summed E-state index contributed by atoms with van der Waals surface area (Å²) >= 11 is 5.81. The quantitative estimate of drug-likeness (QED) is 0.242. The molecule has 204 valence electrons. The second kappa shape index (κ2) is 14.3. The van der Waals surface area contributed by atoms with E-state index in [0.717, 1.165) is 12.8 Å². The molecule has 0 bridgehead atoms. The average Bonchev–Trinajstić information content (AvgIpc) is 2.89. The zero-order valence-electron chi connectivity index (χ0n) is 22.5.